The SMILES string of the molecule is CC(C)[OH+]c1c([CH]=[Ru]([Cl])[Cl])cccc1-c1ccccc1.CN1[CH-]N(C)CC1. The minimum absolute atomic E-state index is 0.221. The zero-order chi connectivity index (χ0) is 19.8. The predicted molar refractivity (Wildman–Crippen MR) is 115 cm³/mol. The van der Waals surface area contributed by atoms with Gasteiger partial charge >= 0.3 is 133 Å². The monoisotopic (exact) mass is 496 g/mol. The first-order valence-corrected chi connectivity index (χ1v) is 14.3. The van der Waals surface area contributed by atoms with Gasteiger partial charge in [-0.1, -0.05) is 0 Å². The van der Waals surface area contributed by atoms with Crippen LogP contribution in [0.5, 0.6) is 5.75 Å². The van der Waals surface area contributed by atoms with Crippen molar-refractivity contribution in [3.05, 3.63) is 60.8 Å². The van der Waals surface area contributed by atoms with Crippen molar-refractivity contribution in [1.82, 2.24) is 9.80 Å². The van der Waals surface area contributed by atoms with E-state index in [1.54, 1.807) is 0 Å². The second-order valence-electron chi connectivity index (χ2n) is 6.72. The average molecular weight is 496 g/mol. The van der Waals surface area contributed by atoms with Gasteiger partial charge in [0.25, 0.3) is 0 Å². The van der Waals surface area contributed by atoms with Crippen LogP contribution >= 0.6 is 19.4 Å². The molecule has 1 aliphatic rings. The second-order valence-corrected chi connectivity index (χ2v) is 12.4. The van der Waals surface area contributed by atoms with Crippen LogP contribution in [0, 0.1) is 6.67 Å². The van der Waals surface area contributed by atoms with Crippen LogP contribution in [0.1, 0.15) is 19.4 Å². The van der Waals surface area contributed by atoms with Crippen molar-refractivity contribution in [2.75, 3.05) is 27.2 Å². The van der Waals surface area contributed by atoms with Crippen molar-refractivity contribution in [3.8, 4) is 16.9 Å². The summed E-state index contributed by atoms with van der Waals surface area (Å²) in [5, 5.41) is 0. The molecule has 2 aromatic carbocycles. The van der Waals surface area contributed by atoms with Crippen molar-refractivity contribution in [3.63, 3.8) is 0 Å². The number of aromatic hydroxyl groups is 1. The zero-order valence-corrected chi connectivity index (χ0v) is 19.5. The van der Waals surface area contributed by atoms with Crippen molar-refractivity contribution in [1.29, 1.82) is 0 Å². The smallest absolute Gasteiger partial charge is 0.0187 e. The van der Waals surface area contributed by atoms with E-state index >= 15 is 0 Å². The van der Waals surface area contributed by atoms with E-state index in [-0.39, 0.29) is 6.10 Å². The third-order valence-corrected chi connectivity index (χ3v) is 5.76. The minimum atomic E-state index is -1.87. The molecule has 0 bridgehead atoms. The summed E-state index contributed by atoms with van der Waals surface area (Å²) < 4.78 is 6.72. The van der Waals surface area contributed by atoms with E-state index in [1.807, 2.05) is 34.9 Å². The van der Waals surface area contributed by atoms with Gasteiger partial charge in [-0.05, 0) is 27.2 Å². The van der Waals surface area contributed by atoms with Crippen LogP contribution in [0.3, 0.4) is 0 Å². The molecule has 1 heterocycles. The van der Waals surface area contributed by atoms with E-state index < -0.39 is 13.5 Å². The number of halogens is 2. The Bertz CT molecular complexity index is 741. The Kier molecular flexibility index (Phi) is 9.42. The molecule has 0 radical (unpaired) electrons. The molecule has 0 saturated carbocycles. The number of likely N-dealkylation sites (N-methyl/N-ethyl adjacent to an activating group) is 2. The van der Waals surface area contributed by atoms with Crippen molar-refractivity contribution in [2.45, 2.75) is 20.0 Å². The fourth-order valence-electron chi connectivity index (χ4n) is 2.75. The Morgan fingerprint density at radius 1 is 1.00 bits per heavy atom. The molecule has 3 nitrogen and oxygen atoms in total. The molecule has 1 N–H and O–H groups in total. The zero-order valence-electron chi connectivity index (χ0n) is 16.2. The first-order valence-electron chi connectivity index (χ1n) is 8.84. The second kappa shape index (κ2) is 11.3. The number of para-hydroxylation sites is 1. The van der Waals surface area contributed by atoms with Gasteiger partial charge in [0.15, 0.2) is 0 Å². The third-order valence-electron chi connectivity index (χ3n) is 3.93. The minimum Gasteiger partial charge on any atom is -0.444 e. The number of hydrogen-bond acceptors (Lipinski definition) is 2. The number of benzene rings is 2. The molecule has 0 spiro atoms. The van der Waals surface area contributed by atoms with Crippen LogP contribution in [0.15, 0.2) is 48.5 Å². The maximum Gasteiger partial charge on any atom is -0.0187 e. The van der Waals surface area contributed by atoms with Gasteiger partial charge in [-0.3, -0.25) is 0 Å². The fourth-order valence-corrected chi connectivity index (χ4v) is 4.54. The van der Waals surface area contributed by atoms with Crippen molar-refractivity contribution >= 4 is 24.0 Å². The van der Waals surface area contributed by atoms with E-state index in [0.717, 1.165) is 22.4 Å². The quantitative estimate of drug-likeness (QED) is 0.335. The van der Waals surface area contributed by atoms with Crippen LogP contribution in [0.25, 0.3) is 11.1 Å². The maximum absolute atomic E-state index is 6.03. The summed E-state index contributed by atoms with van der Waals surface area (Å²) in [7, 11) is 16.2. The van der Waals surface area contributed by atoms with Crippen LogP contribution < -0.4 is 0 Å². The Morgan fingerprint density at radius 3 is 2.11 bits per heavy atom. The van der Waals surface area contributed by atoms with E-state index in [4.69, 9.17) is 24.1 Å². The molecule has 2 aromatic rings. The van der Waals surface area contributed by atoms with E-state index in [2.05, 4.69) is 62.6 Å². The summed E-state index contributed by atoms with van der Waals surface area (Å²) in [5.41, 5.74) is 3.31. The van der Waals surface area contributed by atoms with E-state index in [1.165, 1.54) is 13.1 Å². The van der Waals surface area contributed by atoms with Gasteiger partial charge in [0, 0.05) is 0 Å². The molecule has 0 unspecified atom stereocenters. The molecule has 27 heavy (non-hydrogen) atoms. The number of ether oxygens (including phenoxy) is 1. The molecule has 0 aromatic heterocycles. The molecule has 3 rings (SSSR count). The summed E-state index contributed by atoms with van der Waals surface area (Å²) in [5.74, 6) is 0.980. The summed E-state index contributed by atoms with van der Waals surface area (Å²) in [6.07, 6.45) is 0.221. The Hall–Kier alpha value is -0.767. The number of aliphatic hydroxyl groups is 1. The Balaban J connectivity index is 0.000000313. The van der Waals surface area contributed by atoms with Crippen LogP contribution in [0.2, 0.25) is 0 Å². The summed E-state index contributed by atoms with van der Waals surface area (Å²) in [6, 6.07) is 16.4. The molecule has 0 amide bonds. The van der Waals surface area contributed by atoms with E-state index in [9.17, 15) is 0 Å². The van der Waals surface area contributed by atoms with Crippen LogP contribution in [0.4, 0.5) is 0 Å². The van der Waals surface area contributed by atoms with Gasteiger partial charge in [0.05, 0.1) is 0 Å². The summed E-state index contributed by atoms with van der Waals surface area (Å²) >= 11 is -1.87. The Labute approximate surface area is 176 Å². The van der Waals surface area contributed by atoms with Gasteiger partial charge < -0.3 is 9.80 Å². The molecule has 0 aliphatic carbocycles. The van der Waals surface area contributed by atoms with Gasteiger partial charge in [0.2, 0.25) is 0 Å². The first-order chi connectivity index (χ1) is 12.9. The molecule has 150 valence electrons. The van der Waals surface area contributed by atoms with Crippen molar-refractivity contribution in [2.24, 2.45) is 0 Å². The standard InChI is InChI=1S/C16H16O.C5H11N2.2ClH.Ru/c1-12(2)17-16-13(3)8-7-11-15(16)14-9-5-4-6-10-14;1-6-3-4-7(2)5-6;;;/h3-12H,1-2H3;5H,3-4H2,1-2H3;2*1H;/q;-1;;;+2/p-1. The number of rotatable bonds is 4. The molecule has 1 saturated heterocycles. The summed E-state index contributed by atoms with van der Waals surface area (Å²) in [6.45, 7) is 8.61. The van der Waals surface area contributed by atoms with Crippen molar-refractivity contribution < 1.29 is 18.3 Å². The molecule has 1 aliphatic heterocycles. The maximum atomic E-state index is 6.03. The average Bonchev–Trinajstić information content (AvgIpc) is 3.00. The topological polar surface area (TPSA) is 19.3 Å². The molecule has 0 atom stereocenters. The largest absolute Gasteiger partial charge is 0.444 e. The van der Waals surface area contributed by atoms with E-state index in [0.29, 0.717) is 0 Å². The molecule has 1 fully saturated rings. The van der Waals surface area contributed by atoms with Crippen LogP contribution in [-0.4, -0.2) is 52.4 Å². The molecular weight excluding hydrogens is 468 g/mol. The number of nitrogens with zero attached hydrogens (tertiary/aromatic N) is 2. The number of hydrogen-bond donors (Lipinski definition) is 0. The van der Waals surface area contributed by atoms with Gasteiger partial charge in [-0.2, -0.15) is 0 Å². The predicted octanol–water partition coefficient (Wildman–Crippen LogP) is 5.06. The van der Waals surface area contributed by atoms with Gasteiger partial charge in [0.1, 0.15) is 0 Å². The first kappa shape index (κ1) is 22.5. The molecule has 6 heteroatoms. The fraction of sp³-hybridized carbons (Fsp3) is 0.333. The molecular formula is C21H28Cl2N2ORu. The van der Waals surface area contributed by atoms with Gasteiger partial charge in [-0.25, -0.2) is 6.67 Å². The third kappa shape index (κ3) is 7.64. The van der Waals surface area contributed by atoms with Crippen LogP contribution in [-0.2, 0) is 13.5 Å². The summed E-state index contributed by atoms with van der Waals surface area (Å²) in [4.78, 5) is 4.36. The van der Waals surface area contributed by atoms with Gasteiger partial charge in [-0.15, -0.1) is 0 Å². The Morgan fingerprint density at radius 2 is 1.63 bits per heavy atom. The normalized spacial score (nSPS) is 15.3.